The van der Waals surface area contributed by atoms with Crippen LogP contribution >= 0.6 is 23.2 Å². The summed E-state index contributed by atoms with van der Waals surface area (Å²) in [6.45, 7) is 2.19. The highest BCUT2D eigenvalue weighted by Crippen LogP contribution is 2.41. The van der Waals surface area contributed by atoms with Gasteiger partial charge in [-0.3, -0.25) is 9.59 Å². The normalized spacial score (nSPS) is 14.8. The Bertz CT molecular complexity index is 1160. The first kappa shape index (κ1) is 28.3. The quantitative estimate of drug-likeness (QED) is 0.199. The molecule has 3 rings (SSSR count). The monoisotopic (exact) mass is 546 g/mol. The summed E-state index contributed by atoms with van der Waals surface area (Å²) in [4.78, 5) is 41.7. The maximum Gasteiger partial charge on any atom is 0.328 e. The van der Waals surface area contributed by atoms with E-state index in [1.165, 1.54) is 0 Å². The maximum atomic E-state index is 13.3. The van der Waals surface area contributed by atoms with E-state index >= 15 is 0 Å². The van der Waals surface area contributed by atoms with Crippen LogP contribution in [0, 0.1) is 10.9 Å². The molecule has 1 fully saturated rings. The van der Waals surface area contributed by atoms with Crippen LogP contribution in [-0.4, -0.2) is 37.0 Å². The highest BCUT2D eigenvalue weighted by molar-refractivity contribution is 6.40. The van der Waals surface area contributed by atoms with Gasteiger partial charge in [-0.05, 0) is 56.0 Å². The van der Waals surface area contributed by atoms with E-state index in [0.717, 1.165) is 18.4 Å². The second-order valence-electron chi connectivity index (χ2n) is 8.93. The zero-order valence-electron chi connectivity index (χ0n) is 20.6. The van der Waals surface area contributed by atoms with Crippen LogP contribution in [0.2, 0.25) is 10.0 Å². The average Bonchev–Trinajstić information content (AvgIpc) is 3.35. The van der Waals surface area contributed by atoms with Gasteiger partial charge in [0, 0.05) is 12.1 Å². The number of halogens is 2. The molecule has 2 aromatic carbocycles. The number of ether oxygens (including phenoxy) is 1. The van der Waals surface area contributed by atoms with E-state index in [1.54, 1.807) is 49.4 Å². The molecule has 0 aromatic heterocycles. The number of nitrogens with one attached hydrogen (secondary N) is 3. The summed E-state index contributed by atoms with van der Waals surface area (Å²) in [7, 11) is 0. The van der Waals surface area contributed by atoms with Crippen LogP contribution in [-0.2, 0) is 20.7 Å². The molecule has 1 atom stereocenters. The largest absolute Gasteiger partial charge is 0.464 e. The number of benzene rings is 2. The van der Waals surface area contributed by atoms with E-state index in [4.69, 9.17) is 33.5 Å². The first-order valence-corrected chi connectivity index (χ1v) is 12.9. The number of rotatable bonds is 11. The fraction of sp³-hybridized carbons (Fsp3) is 0.423. The molecule has 3 N–H and O–H groups in total. The molecule has 0 heterocycles. The number of esters is 1. The van der Waals surface area contributed by atoms with Crippen molar-refractivity contribution in [3.63, 3.8) is 0 Å². The lowest BCUT2D eigenvalue weighted by molar-refractivity contribution is -0.148. The Labute approximate surface area is 225 Å². The van der Waals surface area contributed by atoms with Gasteiger partial charge in [0.15, 0.2) is 0 Å². The topological polar surface area (TPSA) is 135 Å². The van der Waals surface area contributed by atoms with Crippen LogP contribution in [0.15, 0.2) is 47.6 Å². The summed E-state index contributed by atoms with van der Waals surface area (Å²) in [5.41, 5.74) is 7.71. The van der Waals surface area contributed by atoms with Crippen LogP contribution in [0.3, 0.4) is 0 Å². The first-order chi connectivity index (χ1) is 17.8. The molecule has 1 saturated carbocycles. The molecular formula is C26H30Cl2N5O4+. The third kappa shape index (κ3) is 7.38. The Morgan fingerprint density at radius 1 is 1.11 bits per heavy atom. The van der Waals surface area contributed by atoms with Crippen LogP contribution in [0.1, 0.15) is 54.9 Å². The van der Waals surface area contributed by atoms with Crippen molar-refractivity contribution >= 4 is 46.7 Å². The number of nitrogens with zero attached hydrogens (tertiary/aromatic N) is 2. The fourth-order valence-electron chi connectivity index (χ4n) is 4.57. The molecular weight excluding hydrogens is 517 g/mol. The molecule has 0 bridgehead atoms. The molecule has 0 radical (unpaired) electrons. The molecule has 0 aliphatic heterocycles. The average molecular weight is 547 g/mol. The Hall–Kier alpha value is -3.26. The van der Waals surface area contributed by atoms with Gasteiger partial charge >= 0.3 is 5.97 Å². The standard InChI is InChI=1S/C26H29Cl2N5O4/c1-2-37-24(35)21(32-25(36)26(12-3-4-13-26)14-15-30-33-29)16-17-8-10-18(11-9-17)31-23(34)22-19(27)6-5-7-20(22)28/h5-11,21,29H,2-4,12-16H2,1H3,(H-,31,32,34,36)/p+1/t21-/m0/s1. The van der Waals surface area contributed by atoms with Crippen molar-refractivity contribution in [1.29, 1.82) is 5.53 Å². The van der Waals surface area contributed by atoms with Crippen molar-refractivity contribution < 1.29 is 19.1 Å². The van der Waals surface area contributed by atoms with Crippen LogP contribution in [0.4, 0.5) is 5.69 Å². The summed E-state index contributed by atoms with van der Waals surface area (Å²) in [5.74, 6) is -1.16. The van der Waals surface area contributed by atoms with Crippen molar-refractivity contribution in [2.45, 2.75) is 51.5 Å². The van der Waals surface area contributed by atoms with E-state index in [2.05, 4.69) is 20.7 Å². The maximum absolute atomic E-state index is 13.3. The van der Waals surface area contributed by atoms with E-state index in [0.29, 0.717) is 24.9 Å². The van der Waals surface area contributed by atoms with Gasteiger partial charge in [0.1, 0.15) is 23.2 Å². The lowest BCUT2D eigenvalue weighted by Gasteiger charge is -2.29. The molecule has 37 heavy (non-hydrogen) atoms. The van der Waals surface area contributed by atoms with Gasteiger partial charge in [-0.15, -0.1) is 0 Å². The Morgan fingerprint density at radius 3 is 2.35 bits per heavy atom. The summed E-state index contributed by atoms with van der Waals surface area (Å²) in [5, 5.41) is 9.87. The third-order valence-corrected chi connectivity index (χ3v) is 7.15. The van der Waals surface area contributed by atoms with Crippen LogP contribution in [0.25, 0.3) is 0 Å². The fourth-order valence-corrected chi connectivity index (χ4v) is 5.14. The first-order valence-electron chi connectivity index (χ1n) is 12.1. The zero-order chi connectivity index (χ0) is 26.8. The highest BCUT2D eigenvalue weighted by Gasteiger charge is 2.42. The van der Waals surface area contributed by atoms with Crippen LogP contribution < -0.4 is 15.5 Å². The second kappa shape index (κ2) is 13.3. The van der Waals surface area contributed by atoms with Gasteiger partial charge in [-0.2, -0.15) is 0 Å². The Balaban J connectivity index is 1.71. The predicted molar refractivity (Wildman–Crippen MR) is 141 cm³/mol. The second-order valence-corrected chi connectivity index (χ2v) is 9.75. The molecule has 0 saturated heterocycles. The minimum absolute atomic E-state index is 0.185. The lowest BCUT2D eigenvalue weighted by Crippen LogP contribution is -2.49. The smallest absolute Gasteiger partial charge is 0.328 e. The van der Waals surface area contributed by atoms with E-state index in [1.807, 2.05) is 0 Å². The predicted octanol–water partition coefficient (Wildman–Crippen LogP) is 5.34. The number of hydrogen-bond donors (Lipinski definition) is 3. The number of anilines is 1. The molecule has 11 heteroatoms. The summed E-state index contributed by atoms with van der Waals surface area (Å²) < 4.78 is 5.23. The van der Waals surface area contributed by atoms with Crippen molar-refractivity contribution in [2.75, 3.05) is 18.5 Å². The number of hydrogen-bond acceptors (Lipinski definition) is 6. The van der Waals surface area contributed by atoms with E-state index < -0.39 is 23.3 Å². The van der Waals surface area contributed by atoms with Crippen LogP contribution in [0.5, 0.6) is 0 Å². The Kier molecular flexibility index (Phi) is 10.2. The minimum Gasteiger partial charge on any atom is -0.464 e. The molecule has 1 aliphatic rings. The van der Waals surface area contributed by atoms with E-state index in [-0.39, 0.29) is 41.1 Å². The summed E-state index contributed by atoms with van der Waals surface area (Å²) >= 11 is 12.2. The van der Waals surface area contributed by atoms with Crippen molar-refractivity contribution in [2.24, 2.45) is 10.5 Å². The van der Waals surface area contributed by atoms with Gasteiger partial charge in [0.25, 0.3) is 5.91 Å². The molecule has 196 valence electrons. The summed E-state index contributed by atoms with van der Waals surface area (Å²) in [6, 6.07) is 10.9. The third-order valence-electron chi connectivity index (χ3n) is 6.52. The minimum atomic E-state index is -0.870. The Morgan fingerprint density at radius 2 is 1.76 bits per heavy atom. The molecule has 0 unspecified atom stereocenters. The number of amides is 2. The SMILES string of the molecule is CCOC(=O)[C@H](Cc1ccc(NC(=O)c2c(Cl)cccc2Cl)cc1)NC(=O)C1(CCN=[N+]=N)CCCC1. The molecule has 9 nitrogen and oxygen atoms in total. The van der Waals surface area contributed by atoms with Gasteiger partial charge in [0.05, 0.1) is 27.6 Å². The van der Waals surface area contributed by atoms with Gasteiger partial charge in [0.2, 0.25) is 10.8 Å². The van der Waals surface area contributed by atoms with Crippen molar-refractivity contribution in [3.8, 4) is 0 Å². The molecule has 2 aromatic rings. The molecule has 1 aliphatic carbocycles. The lowest BCUT2D eigenvalue weighted by atomic mass is 9.81. The van der Waals surface area contributed by atoms with Crippen molar-refractivity contribution in [1.82, 2.24) is 10.2 Å². The molecule has 0 spiro atoms. The number of carbonyl (C=O) groups is 3. The highest BCUT2D eigenvalue weighted by atomic mass is 35.5. The van der Waals surface area contributed by atoms with Gasteiger partial charge < -0.3 is 15.4 Å². The summed E-state index contributed by atoms with van der Waals surface area (Å²) in [6.07, 6.45) is 3.93. The zero-order valence-corrected chi connectivity index (χ0v) is 22.1. The van der Waals surface area contributed by atoms with Crippen molar-refractivity contribution in [3.05, 3.63) is 63.6 Å². The molecule has 2 amide bonds. The van der Waals surface area contributed by atoms with Gasteiger partial charge in [-0.25, -0.2) is 4.79 Å². The van der Waals surface area contributed by atoms with E-state index in [9.17, 15) is 14.4 Å². The number of carbonyl (C=O) groups excluding carboxylic acids is 3. The van der Waals surface area contributed by atoms with Gasteiger partial charge in [-0.1, -0.05) is 54.2 Å².